The molecular formula is C21H18BrN3O3. The van der Waals surface area contributed by atoms with Gasteiger partial charge in [-0.05, 0) is 36.4 Å². The van der Waals surface area contributed by atoms with Crippen molar-refractivity contribution in [2.75, 3.05) is 20.2 Å². The van der Waals surface area contributed by atoms with Gasteiger partial charge in [-0.2, -0.15) is 5.26 Å². The first-order valence-electron chi connectivity index (χ1n) is 8.64. The molecule has 1 aromatic heterocycles. The molecule has 0 saturated heterocycles. The van der Waals surface area contributed by atoms with Gasteiger partial charge in [-0.15, -0.1) is 0 Å². The van der Waals surface area contributed by atoms with E-state index >= 15 is 0 Å². The molecule has 1 heterocycles. The van der Waals surface area contributed by atoms with E-state index in [0.29, 0.717) is 24.1 Å². The number of benzene rings is 2. The van der Waals surface area contributed by atoms with Gasteiger partial charge >= 0.3 is 0 Å². The number of pyridine rings is 1. The Hall–Kier alpha value is -3.11. The lowest BCUT2D eigenvalue weighted by atomic mass is 10.1. The molecule has 0 spiro atoms. The molecule has 0 unspecified atom stereocenters. The summed E-state index contributed by atoms with van der Waals surface area (Å²) in [6.07, 6.45) is 1.44. The van der Waals surface area contributed by atoms with Crippen molar-refractivity contribution in [3.8, 4) is 11.8 Å². The van der Waals surface area contributed by atoms with Crippen molar-refractivity contribution in [2.45, 2.75) is 6.54 Å². The molecule has 7 heteroatoms. The van der Waals surface area contributed by atoms with Gasteiger partial charge in [0.15, 0.2) is 0 Å². The predicted octanol–water partition coefficient (Wildman–Crippen LogP) is 3.17. The molecule has 1 amide bonds. The van der Waals surface area contributed by atoms with Gasteiger partial charge in [0.25, 0.3) is 0 Å². The largest absolute Gasteiger partial charge is 0.492 e. The molecule has 28 heavy (non-hydrogen) atoms. The summed E-state index contributed by atoms with van der Waals surface area (Å²) in [4.78, 5) is 26.5. The Morgan fingerprint density at radius 3 is 2.64 bits per heavy atom. The first-order valence-corrected chi connectivity index (χ1v) is 9.43. The van der Waals surface area contributed by atoms with Crippen LogP contribution in [0.3, 0.4) is 0 Å². The van der Waals surface area contributed by atoms with Crippen molar-refractivity contribution in [1.82, 2.24) is 9.47 Å². The molecule has 142 valence electrons. The second-order valence-corrected chi connectivity index (χ2v) is 7.16. The monoisotopic (exact) mass is 439 g/mol. The Morgan fingerprint density at radius 1 is 1.21 bits per heavy atom. The minimum atomic E-state index is -0.321. The molecular weight excluding hydrogens is 422 g/mol. The molecule has 0 radical (unpaired) electrons. The van der Waals surface area contributed by atoms with Crippen LogP contribution >= 0.6 is 15.9 Å². The Kier molecular flexibility index (Phi) is 6.12. The molecule has 2 aromatic carbocycles. The fourth-order valence-corrected chi connectivity index (χ4v) is 3.04. The highest BCUT2D eigenvalue weighted by Crippen LogP contribution is 2.16. The fraction of sp³-hybridized carbons (Fsp3) is 0.190. The van der Waals surface area contributed by atoms with E-state index < -0.39 is 0 Å². The highest BCUT2D eigenvalue weighted by molar-refractivity contribution is 9.10. The second kappa shape index (κ2) is 8.72. The third kappa shape index (κ3) is 4.41. The van der Waals surface area contributed by atoms with Gasteiger partial charge in [-0.3, -0.25) is 9.59 Å². The zero-order valence-corrected chi connectivity index (χ0v) is 16.8. The summed E-state index contributed by atoms with van der Waals surface area (Å²) in [5.41, 5.74) is 0.324. The lowest BCUT2D eigenvalue weighted by Gasteiger charge is -2.19. The molecule has 0 N–H and O–H groups in total. The molecule has 0 atom stereocenters. The van der Waals surface area contributed by atoms with E-state index in [-0.39, 0.29) is 23.4 Å². The van der Waals surface area contributed by atoms with E-state index in [1.54, 1.807) is 40.8 Å². The van der Waals surface area contributed by atoms with Crippen molar-refractivity contribution in [2.24, 2.45) is 0 Å². The number of likely N-dealkylation sites (N-methyl/N-ethyl adjacent to an activating group) is 1. The topological polar surface area (TPSA) is 75.3 Å². The maximum absolute atomic E-state index is 12.6. The molecule has 0 fully saturated rings. The Balaban J connectivity index is 1.68. The average molecular weight is 440 g/mol. The number of halogens is 1. The van der Waals surface area contributed by atoms with Crippen molar-refractivity contribution in [3.63, 3.8) is 0 Å². The highest BCUT2D eigenvalue weighted by atomic mass is 79.9. The van der Waals surface area contributed by atoms with E-state index in [0.717, 1.165) is 10.2 Å². The van der Waals surface area contributed by atoms with Crippen LogP contribution in [0.4, 0.5) is 0 Å². The smallest absolute Gasteiger partial charge is 0.242 e. The van der Waals surface area contributed by atoms with Gasteiger partial charge in [0.1, 0.15) is 30.5 Å². The first-order chi connectivity index (χ1) is 13.5. The van der Waals surface area contributed by atoms with Crippen molar-refractivity contribution >= 4 is 32.7 Å². The van der Waals surface area contributed by atoms with Gasteiger partial charge in [0.05, 0.1) is 12.1 Å². The first kappa shape index (κ1) is 19.6. The molecule has 3 aromatic rings. The quantitative estimate of drug-likeness (QED) is 0.590. The van der Waals surface area contributed by atoms with Crippen molar-refractivity contribution in [3.05, 3.63) is 75.0 Å². The zero-order chi connectivity index (χ0) is 20.1. The van der Waals surface area contributed by atoms with Crippen LogP contribution < -0.4 is 10.2 Å². The minimum absolute atomic E-state index is 0.0210. The van der Waals surface area contributed by atoms with Gasteiger partial charge in [0, 0.05) is 23.1 Å². The molecule has 0 aliphatic rings. The summed E-state index contributed by atoms with van der Waals surface area (Å²) in [6, 6.07) is 16.3. The van der Waals surface area contributed by atoms with Crippen LogP contribution in [0.1, 0.15) is 5.56 Å². The lowest BCUT2D eigenvalue weighted by molar-refractivity contribution is -0.130. The Labute approximate surface area is 170 Å². The van der Waals surface area contributed by atoms with Crippen LogP contribution in [0.15, 0.2) is 64.0 Å². The van der Waals surface area contributed by atoms with Gasteiger partial charge in [0.2, 0.25) is 11.3 Å². The number of fused-ring (bicyclic) bond motifs is 1. The minimum Gasteiger partial charge on any atom is -0.492 e. The maximum atomic E-state index is 12.6. The van der Waals surface area contributed by atoms with Crippen molar-refractivity contribution in [1.29, 1.82) is 5.26 Å². The van der Waals surface area contributed by atoms with E-state index in [4.69, 9.17) is 4.74 Å². The molecule has 0 aliphatic carbocycles. The normalized spacial score (nSPS) is 10.5. The van der Waals surface area contributed by atoms with Gasteiger partial charge < -0.3 is 14.2 Å². The van der Waals surface area contributed by atoms with Crippen LogP contribution in [0.25, 0.3) is 10.9 Å². The number of nitriles is 1. The molecule has 0 bridgehead atoms. The Bertz CT molecular complexity index is 1100. The molecule has 0 aliphatic heterocycles. The standard InChI is InChI=1S/C21H18BrN3O3/c1-24(10-11-28-17-8-6-16(22)7-9-17)20(26)14-25-13-15(12-23)21(27)18-4-2-3-5-19(18)25/h2-9,13H,10-11,14H2,1H3. The van der Waals surface area contributed by atoms with Crippen LogP contribution in [0.2, 0.25) is 0 Å². The van der Waals surface area contributed by atoms with Crippen LogP contribution in [0, 0.1) is 11.3 Å². The summed E-state index contributed by atoms with van der Waals surface area (Å²) in [7, 11) is 1.70. The summed E-state index contributed by atoms with van der Waals surface area (Å²) in [5.74, 6) is 0.589. The number of aromatic nitrogens is 1. The van der Waals surface area contributed by atoms with Crippen LogP contribution in [0.5, 0.6) is 5.75 Å². The molecule has 0 saturated carbocycles. The highest BCUT2D eigenvalue weighted by Gasteiger charge is 2.14. The lowest BCUT2D eigenvalue weighted by Crippen LogP contribution is -2.34. The number of rotatable bonds is 6. The third-order valence-electron chi connectivity index (χ3n) is 4.35. The average Bonchev–Trinajstić information content (AvgIpc) is 2.71. The second-order valence-electron chi connectivity index (χ2n) is 6.25. The number of hydrogen-bond donors (Lipinski definition) is 0. The SMILES string of the molecule is CN(CCOc1ccc(Br)cc1)C(=O)Cn1cc(C#N)c(=O)c2ccccc21. The Morgan fingerprint density at radius 2 is 1.93 bits per heavy atom. The summed E-state index contributed by atoms with van der Waals surface area (Å²) in [5, 5.41) is 9.64. The van der Waals surface area contributed by atoms with Crippen molar-refractivity contribution < 1.29 is 9.53 Å². The number of carbonyl (C=O) groups excluding carboxylic acids is 1. The fourth-order valence-electron chi connectivity index (χ4n) is 2.78. The van der Waals surface area contributed by atoms with Gasteiger partial charge in [-0.1, -0.05) is 28.1 Å². The zero-order valence-electron chi connectivity index (χ0n) is 15.3. The van der Waals surface area contributed by atoms with E-state index in [1.165, 1.54) is 6.20 Å². The number of nitrogens with zero attached hydrogens (tertiary/aromatic N) is 3. The number of para-hydroxylation sites is 1. The van der Waals surface area contributed by atoms with Crippen LogP contribution in [-0.4, -0.2) is 35.6 Å². The number of carbonyl (C=O) groups is 1. The predicted molar refractivity (Wildman–Crippen MR) is 110 cm³/mol. The summed E-state index contributed by atoms with van der Waals surface area (Å²) >= 11 is 3.37. The number of amides is 1. The van der Waals surface area contributed by atoms with E-state index in [9.17, 15) is 14.9 Å². The number of ether oxygens (including phenoxy) is 1. The van der Waals surface area contributed by atoms with Crippen LogP contribution in [-0.2, 0) is 11.3 Å². The summed E-state index contributed by atoms with van der Waals surface area (Å²) < 4.78 is 8.26. The van der Waals surface area contributed by atoms with E-state index in [2.05, 4.69) is 15.9 Å². The van der Waals surface area contributed by atoms with Gasteiger partial charge in [-0.25, -0.2) is 0 Å². The number of hydrogen-bond acceptors (Lipinski definition) is 4. The summed E-state index contributed by atoms with van der Waals surface area (Å²) in [6.45, 7) is 0.806. The third-order valence-corrected chi connectivity index (χ3v) is 4.88. The molecule has 6 nitrogen and oxygen atoms in total. The van der Waals surface area contributed by atoms with E-state index in [1.807, 2.05) is 30.3 Å². The maximum Gasteiger partial charge on any atom is 0.242 e. The molecule has 3 rings (SSSR count).